The van der Waals surface area contributed by atoms with Gasteiger partial charge in [-0.2, -0.15) is 5.10 Å². The van der Waals surface area contributed by atoms with Crippen LogP contribution in [0.4, 0.5) is 17.3 Å². The summed E-state index contributed by atoms with van der Waals surface area (Å²) in [6.45, 7) is 12.2. The number of piperidine rings is 1. The molecule has 25 nitrogen and oxygen atoms in total. The number of hydrogen-bond donors (Lipinski definition) is 5. The second-order valence-electron chi connectivity index (χ2n) is 18.9. The van der Waals surface area contributed by atoms with Crippen LogP contribution in [0.5, 0.6) is 5.75 Å². The highest BCUT2D eigenvalue weighted by Gasteiger charge is 2.45. The number of fused-ring (bicyclic) bond motifs is 4. The number of aromatic nitrogens is 6. The molecule has 1 unspecified atom stereocenters. The smallest absolute Gasteiger partial charge is 0.289 e. The molecule has 0 radical (unpaired) electrons. The number of carbonyl (C=O) groups excluding carboxylic acids is 5. The van der Waals surface area contributed by atoms with Crippen LogP contribution in [0.15, 0.2) is 40.9 Å². The van der Waals surface area contributed by atoms with E-state index in [4.69, 9.17) is 57.5 Å². The molecule has 79 heavy (non-hydrogen) atoms. The number of carbonyl (C=O) groups is 5. The minimum Gasteiger partial charge on any atom is -0.496 e. The molecular formula is C54H67N11O14. The zero-order chi connectivity index (χ0) is 55.3. The Kier molecular flexibility index (Phi) is 19.2. The highest BCUT2D eigenvalue weighted by atomic mass is 16.6. The van der Waals surface area contributed by atoms with E-state index in [1.165, 1.54) is 0 Å². The number of hydrogen-bond acceptors (Lipinski definition) is 20. The minimum atomic E-state index is -1.03. The Morgan fingerprint density at radius 2 is 1.41 bits per heavy atom. The van der Waals surface area contributed by atoms with Crippen molar-refractivity contribution in [2.24, 2.45) is 0 Å². The molecule has 9 rings (SSSR count). The number of methoxy groups -OCH3 is 1. The van der Waals surface area contributed by atoms with Crippen molar-refractivity contribution in [3.63, 3.8) is 0 Å². The summed E-state index contributed by atoms with van der Waals surface area (Å²) in [5, 5.41) is 22.2. The predicted molar refractivity (Wildman–Crippen MR) is 286 cm³/mol. The molecule has 3 aliphatic rings. The van der Waals surface area contributed by atoms with Gasteiger partial charge in [-0.25, -0.2) is 14.6 Å². The fourth-order valence-corrected chi connectivity index (χ4v) is 9.38. The topological polar surface area (TPSA) is 296 Å². The predicted octanol–water partition coefficient (Wildman–Crippen LogP) is 4.59. The Balaban J connectivity index is 0.596. The van der Waals surface area contributed by atoms with E-state index in [2.05, 4.69) is 37.5 Å². The maximum atomic E-state index is 13.6. The monoisotopic (exact) mass is 1090 g/mol. The third-order valence-electron chi connectivity index (χ3n) is 13.4. The van der Waals surface area contributed by atoms with E-state index in [1.54, 1.807) is 25.3 Å². The lowest BCUT2D eigenvalue weighted by atomic mass is 10.0. The first-order valence-electron chi connectivity index (χ1n) is 26.6. The molecule has 0 bridgehead atoms. The molecule has 1 aliphatic carbocycles. The summed E-state index contributed by atoms with van der Waals surface area (Å²) in [5.41, 5.74) is 5.54. The number of amides is 5. The number of H-pyrrole nitrogens is 1. The largest absolute Gasteiger partial charge is 0.496 e. The number of rotatable bonds is 33. The zero-order valence-electron chi connectivity index (χ0n) is 44.9. The summed E-state index contributed by atoms with van der Waals surface area (Å²) in [5.74, 6) is 0.286. The zero-order valence-corrected chi connectivity index (χ0v) is 44.9. The molecule has 25 heteroatoms. The van der Waals surface area contributed by atoms with Crippen LogP contribution < -0.4 is 26.0 Å². The summed E-state index contributed by atoms with van der Waals surface area (Å²) in [6.07, 6.45) is 2.38. The molecule has 4 aromatic heterocycles. The lowest BCUT2D eigenvalue weighted by Gasteiger charge is -2.27. The minimum absolute atomic E-state index is 0.0156. The van der Waals surface area contributed by atoms with Crippen molar-refractivity contribution in [2.75, 3.05) is 123 Å². The van der Waals surface area contributed by atoms with Gasteiger partial charge in [0.15, 0.2) is 0 Å². The van der Waals surface area contributed by atoms with Crippen molar-refractivity contribution in [3.05, 3.63) is 70.5 Å². The van der Waals surface area contributed by atoms with Crippen LogP contribution in [0.1, 0.15) is 87.0 Å². The highest BCUT2D eigenvalue weighted by Crippen LogP contribution is 2.43. The number of ether oxygens (including phenoxy) is 8. The second kappa shape index (κ2) is 27.0. The number of anilines is 3. The van der Waals surface area contributed by atoms with Crippen LogP contribution in [0, 0.1) is 13.8 Å². The van der Waals surface area contributed by atoms with Crippen molar-refractivity contribution in [1.82, 2.24) is 45.4 Å². The van der Waals surface area contributed by atoms with Gasteiger partial charge in [0.25, 0.3) is 17.7 Å². The quantitative estimate of drug-likeness (QED) is 0.0278. The molecule has 1 saturated carbocycles. The maximum absolute atomic E-state index is 13.6. The third kappa shape index (κ3) is 13.7. The van der Waals surface area contributed by atoms with Crippen molar-refractivity contribution >= 4 is 68.8 Å². The van der Waals surface area contributed by atoms with Gasteiger partial charge in [0.05, 0.1) is 133 Å². The number of nitrogens with zero attached hydrogens (tertiary/aromatic N) is 6. The van der Waals surface area contributed by atoms with Crippen molar-refractivity contribution in [1.29, 1.82) is 0 Å². The van der Waals surface area contributed by atoms with Crippen LogP contribution in [0.3, 0.4) is 0 Å². The van der Waals surface area contributed by atoms with Crippen LogP contribution in [-0.2, 0) is 49.3 Å². The van der Waals surface area contributed by atoms with Crippen molar-refractivity contribution in [3.8, 4) is 16.9 Å². The normalized spacial score (nSPS) is 15.4. The van der Waals surface area contributed by atoms with Crippen molar-refractivity contribution in [2.45, 2.75) is 65.0 Å². The van der Waals surface area contributed by atoms with Gasteiger partial charge >= 0.3 is 0 Å². The van der Waals surface area contributed by atoms with E-state index in [9.17, 15) is 24.0 Å². The summed E-state index contributed by atoms with van der Waals surface area (Å²) >= 11 is 0. The third-order valence-corrected chi connectivity index (χ3v) is 13.4. The summed E-state index contributed by atoms with van der Waals surface area (Å²) in [6, 6.07) is 9.84. The van der Waals surface area contributed by atoms with E-state index in [1.807, 2.05) is 37.6 Å². The molecule has 1 saturated heterocycles. The van der Waals surface area contributed by atoms with Crippen molar-refractivity contribution < 1.29 is 66.4 Å². The van der Waals surface area contributed by atoms with Gasteiger partial charge in [-0.15, -0.1) is 0 Å². The molecule has 2 aliphatic heterocycles. The first-order valence-corrected chi connectivity index (χ1v) is 26.6. The number of aryl methyl sites for hydroxylation is 3. The maximum Gasteiger partial charge on any atom is 0.289 e. The van der Waals surface area contributed by atoms with E-state index in [0.29, 0.717) is 139 Å². The standard InChI is InChI=1S/C54H67N11O14/c1-5-64-43(31-39(62-64)34-9-10-34)58-49-47-36-30-42(71-4)37(45-32(2)63-79-33(45)3)29-40(36)57-48(47)60-50(61-49)52(68)56-14-16-73-18-20-75-22-24-77-26-28-78-27-25-76-23-21-74-19-17-72-15-13-55-38-8-6-7-35-46(38)54(70)65(53(35)69)41-11-12-44(66)59-51(41)67/h6-8,29-31,34,41,55H,5,9-28H2,1-4H3,(H,56,68)(H,59,66,67)(H2,57,58,60,61). The van der Waals surface area contributed by atoms with Crippen LogP contribution in [-0.4, -0.2) is 183 Å². The van der Waals surface area contributed by atoms with E-state index in [-0.39, 0.29) is 42.9 Å². The Morgan fingerprint density at radius 1 is 0.759 bits per heavy atom. The molecule has 2 fully saturated rings. The second-order valence-corrected chi connectivity index (χ2v) is 18.9. The summed E-state index contributed by atoms with van der Waals surface area (Å²) in [7, 11) is 1.62. The van der Waals surface area contributed by atoms with Gasteiger partial charge in [0.2, 0.25) is 17.6 Å². The summed E-state index contributed by atoms with van der Waals surface area (Å²) < 4.78 is 52.5. The molecule has 2 aromatic carbocycles. The van der Waals surface area contributed by atoms with Gasteiger partial charge in [0.1, 0.15) is 34.8 Å². The number of imide groups is 2. The van der Waals surface area contributed by atoms with E-state index < -0.39 is 35.6 Å². The fraction of sp³-hybridized carbons (Fsp3) is 0.500. The average Bonchev–Trinajstić information content (AvgIpc) is 4.16. The fourth-order valence-electron chi connectivity index (χ4n) is 9.38. The SMILES string of the molecule is CCn1nc(C2CC2)cc1Nc1nc(C(=O)NCCOCCOCCOCCOCCOCCOCCOCCNc2cccc3c2C(=O)N(C2CCC(=O)NC2=O)C3=O)nc2[nH]c3cc(-c4c(C)noc4C)c(OC)cc3c12. The summed E-state index contributed by atoms with van der Waals surface area (Å²) in [4.78, 5) is 77.6. The molecular weight excluding hydrogens is 1030 g/mol. The number of aromatic amines is 1. The molecule has 1 atom stereocenters. The number of benzene rings is 2. The Bertz CT molecular complexity index is 3110. The number of nitrogens with one attached hydrogen (secondary N) is 5. The van der Waals surface area contributed by atoms with Crippen LogP contribution in [0.25, 0.3) is 33.1 Å². The molecule has 5 amide bonds. The Labute approximate surface area is 455 Å². The highest BCUT2D eigenvalue weighted by molar-refractivity contribution is 6.25. The lowest BCUT2D eigenvalue weighted by Crippen LogP contribution is -2.54. The molecule has 0 spiro atoms. The van der Waals surface area contributed by atoms with E-state index >= 15 is 0 Å². The molecule has 422 valence electrons. The average molecular weight is 1090 g/mol. The van der Waals surface area contributed by atoms with Gasteiger partial charge in [0, 0.05) is 60.2 Å². The van der Waals surface area contributed by atoms with Crippen LogP contribution in [0.2, 0.25) is 0 Å². The first kappa shape index (κ1) is 56.3. The van der Waals surface area contributed by atoms with Gasteiger partial charge in [-0.3, -0.25) is 34.2 Å². The molecule has 6 heterocycles. The van der Waals surface area contributed by atoms with Gasteiger partial charge in [-0.1, -0.05) is 11.2 Å². The lowest BCUT2D eigenvalue weighted by molar-refractivity contribution is -0.136. The van der Waals surface area contributed by atoms with Gasteiger partial charge in [-0.05, 0) is 64.3 Å². The van der Waals surface area contributed by atoms with Crippen LogP contribution >= 0.6 is 0 Å². The van der Waals surface area contributed by atoms with E-state index in [0.717, 1.165) is 57.0 Å². The molecule has 5 N–H and O–H groups in total. The first-order chi connectivity index (χ1) is 38.5. The molecule has 6 aromatic rings. The Hall–Kier alpha value is -7.39. The van der Waals surface area contributed by atoms with Gasteiger partial charge < -0.3 is 63.4 Å². The Morgan fingerprint density at radius 3 is 2.00 bits per heavy atom.